The first-order valence-electron chi connectivity index (χ1n) is 13.3. The normalized spacial score (nSPS) is 23.7. The Labute approximate surface area is 236 Å². The van der Waals surface area contributed by atoms with E-state index in [9.17, 15) is 14.7 Å². The molecule has 6 rings (SSSR count). The Kier molecular flexibility index (Phi) is 6.46. The molecule has 1 aromatic heterocycles. The zero-order valence-electron chi connectivity index (χ0n) is 22.1. The topological polar surface area (TPSA) is 94.5 Å². The van der Waals surface area contributed by atoms with E-state index in [2.05, 4.69) is 17.1 Å². The predicted octanol–water partition coefficient (Wildman–Crippen LogP) is 6.63. The molecule has 204 valence electrons. The number of nitrogens with zero attached hydrogens (tertiary/aromatic N) is 3. The number of hydrogen-bond donors (Lipinski definition) is 2. The predicted molar refractivity (Wildman–Crippen MR) is 153 cm³/mol. The van der Waals surface area contributed by atoms with Crippen molar-refractivity contribution in [2.24, 2.45) is 16.8 Å². The number of aromatic carboxylic acids is 1. The van der Waals surface area contributed by atoms with E-state index in [1.807, 2.05) is 50.3 Å². The van der Waals surface area contributed by atoms with Crippen LogP contribution in [0.5, 0.6) is 5.75 Å². The van der Waals surface area contributed by atoms with Crippen molar-refractivity contribution < 1.29 is 19.4 Å². The van der Waals surface area contributed by atoms with E-state index in [1.165, 1.54) is 15.8 Å². The Hall–Kier alpha value is -3.30. The number of halogens is 1. The molecule has 4 aliphatic rings. The number of aliphatic imine (C=N–C) groups is 1. The number of fused-ring (bicyclic) bond motifs is 5. The first kappa shape index (κ1) is 26.0. The van der Waals surface area contributed by atoms with Gasteiger partial charge in [-0.05, 0) is 62.5 Å². The minimum atomic E-state index is -1.02. The molecule has 0 bridgehead atoms. The fraction of sp³-hybridized carbons (Fsp3) is 0.414. The van der Waals surface area contributed by atoms with Crippen LogP contribution in [0.15, 0.2) is 53.3 Å². The van der Waals surface area contributed by atoms with Gasteiger partial charge in [0.15, 0.2) is 24.5 Å². The van der Waals surface area contributed by atoms with E-state index in [1.54, 1.807) is 6.20 Å². The molecule has 1 fully saturated rings. The van der Waals surface area contributed by atoms with Gasteiger partial charge in [0.2, 0.25) is 0 Å². The number of benzene rings is 1. The number of carboxylic acids is 1. The Morgan fingerprint density at radius 3 is 2.72 bits per heavy atom. The molecular weight excluding hydrogens is 536 g/mol. The third kappa shape index (κ3) is 4.61. The van der Waals surface area contributed by atoms with Gasteiger partial charge in [0, 0.05) is 34.3 Å². The van der Waals surface area contributed by atoms with Crippen LogP contribution < -0.4 is 10.1 Å². The van der Waals surface area contributed by atoms with Crippen molar-refractivity contribution in [2.75, 3.05) is 12.0 Å². The Balaban J connectivity index is 1.26. The number of carboxylic acid groups (broad SMARTS) is 1. The standard InChI is InChI=1S/C29H31ClN4O4S/c1-16-6-8-17(9-7-16)25(35)29(2,3)32-20-14-23(39-24(20)28(36)37)18-10-11-19-22(13-18)38-15-33-21-5-4-12-34(30)27(21)31-26(19)33/h4-5,10-14,16-17,26,32H,6-9,15H2,1-3H3,(H,36,37). The number of allylic oxidation sites excluding steroid dienone is 2. The third-order valence-electron chi connectivity index (χ3n) is 8.06. The lowest BCUT2D eigenvalue weighted by Crippen LogP contribution is -2.45. The molecule has 1 saturated carbocycles. The van der Waals surface area contributed by atoms with E-state index in [-0.39, 0.29) is 22.7 Å². The summed E-state index contributed by atoms with van der Waals surface area (Å²) in [6.07, 6.45) is 9.24. The van der Waals surface area contributed by atoms with Gasteiger partial charge in [-0.1, -0.05) is 31.9 Å². The summed E-state index contributed by atoms with van der Waals surface area (Å²) in [5, 5.41) is 13.3. The summed E-state index contributed by atoms with van der Waals surface area (Å²) < 4.78 is 7.59. The fourth-order valence-electron chi connectivity index (χ4n) is 5.89. The van der Waals surface area contributed by atoms with Crippen LogP contribution in [0.2, 0.25) is 0 Å². The maximum atomic E-state index is 13.4. The van der Waals surface area contributed by atoms with Gasteiger partial charge < -0.3 is 20.1 Å². The van der Waals surface area contributed by atoms with E-state index in [0.717, 1.165) is 47.4 Å². The van der Waals surface area contributed by atoms with Crippen molar-refractivity contribution in [3.8, 4) is 16.2 Å². The Morgan fingerprint density at radius 1 is 1.21 bits per heavy atom. The van der Waals surface area contributed by atoms with Crippen LogP contribution in [0, 0.1) is 11.8 Å². The van der Waals surface area contributed by atoms with Crippen LogP contribution >= 0.6 is 23.1 Å². The van der Waals surface area contributed by atoms with Crippen molar-refractivity contribution in [3.05, 3.63) is 58.8 Å². The lowest BCUT2D eigenvalue weighted by Gasteiger charge is -2.33. The second-order valence-electron chi connectivity index (χ2n) is 11.3. The van der Waals surface area contributed by atoms with Crippen molar-refractivity contribution in [1.82, 2.24) is 9.32 Å². The Morgan fingerprint density at radius 2 is 1.97 bits per heavy atom. The van der Waals surface area contributed by atoms with Gasteiger partial charge in [-0.25, -0.2) is 14.2 Å². The van der Waals surface area contributed by atoms with Crippen molar-refractivity contribution in [2.45, 2.75) is 58.2 Å². The molecule has 4 heterocycles. The largest absolute Gasteiger partial charge is 0.477 e. The summed E-state index contributed by atoms with van der Waals surface area (Å²) in [5.74, 6) is 1.17. The molecule has 2 N–H and O–H groups in total. The van der Waals surface area contributed by atoms with Gasteiger partial charge in [-0.15, -0.1) is 11.3 Å². The number of rotatable bonds is 6. The number of anilines is 1. The number of nitrogens with one attached hydrogen (secondary N) is 1. The van der Waals surface area contributed by atoms with Crippen LogP contribution in [0.3, 0.4) is 0 Å². The van der Waals surface area contributed by atoms with Crippen LogP contribution in [0.4, 0.5) is 5.69 Å². The minimum Gasteiger partial charge on any atom is -0.477 e. The van der Waals surface area contributed by atoms with Crippen LogP contribution in [-0.4, -0.2) is 44.3 Å². The molecule has 1 atom stereocenters. The molecule has 1 unspecified atom stereocenters. The maximum absolute atomic E-state index is 13.4. The van der Waals surface area contributed by atoms with Crippen molar-refractivity contribution in [3.63, 3.8) is 0 Å². The third-order valence-corrected chi connectivity index (χ3v) is 9.51. The quantitative estimate of drug-likeness (QED) is 0.379. The zero-order chi connectivity index (χ0) is 27.5. The summed E-state index contributed by atoms with van der Waals surface area (Å²) in [4.78, 5) is 33.4. The second-order valence-corrected chi connectivity index (χ2v) is 12.7. The van der Waals surface area contributed by atoms with Crippen molar-refractivity contribution in [1.29, 1.82) is 0 Å². The van der Waals surface area contributed by atoms with Crippen LogP contribution in [0.1, 0.15) is 67.9 Å². The Bertz CT molecular complexity index is 1440. The first-order chi connectivity index (χ1) is 18.6. The average molecular weight is 567 g/mol. The van der Waals surface area contributed by atoms with E-state index in [4.69, 9.17) is 21.5 Å². The molecule has 0 saturated heterocycles. The van der Waals surface area contributed by atoms with Gasteiger partial charge in [-0.3, -0.25) is 4.79 Å². The van der Waals surface area contributed by atoms with Crippen LogP contribution in [0.25, 0.3) is 10.4 Å². The number of carbonyl (C=O) groups excluding carboxylic acids is 1. The molecule has 0 amide bonds. The smallest absolute Gasteiger partial charge is 0.348 e. The van der Waals surface area contributed by atoms with Gasteiger partial charge in [0.1, 0.15) is 10.6 Å². The molecule has 1 aromatic carbocycles. The molecular formula is C29H31ClN4O4S. The first-order valence-corrected chi connectivity index (χ1v) is 14.4. The summed E-state index contributed by atoms with van der Waals surface area (Å²) in [5.41, 5.74) is 2.25. The number of carbonyl (C=O) groups is 2. The minimum absolute atomic E-state index is 0.00728. The number of amidine groups is 1. The van der Waals surface area contributed by atoms with Crippen LogP contribution in [-0.2, 0) is 4.79 Å². The summed E-state index contributed by atoms with van der Waals surface area (Å²) in [6, 6.07) is 7.69. The number of thiophene rings is 1. The average Bonchev–Trinajstić information content (AvgIpc) is 3.51. The van der Waals surface area contributed by atoms with Gasteiger partial charge in [0.05, 0.1) is 16.9 Å². The van der Waals surface area contributed by atoms with Gasteiger partial charge >= 0.3 is 5.97 Å². The van der Waals surface area contributed by atoms with Gasteiger partial charge in [0.25, 0.3) is 0 Å². The lowest BCUT2D eigenvalue weighted by molar-refractivity contribution is -0.127. The molecule has 1 aliphatic carbocycles. The molecule has 3 aliphatic heterocycles. The highest BCUT2D eigenvalue weighted by atomic mass is 35.5. The highest BCUT2D eigenvalue weighted by molar-refractivity contribution is 7.18. The van der Waals surface area contributed by atoms with Crippen molar-refractivity contribution >= 4 is 46.4 Å². The number of Topliss-reactive ketones (excluding diaryl/α,β-unsaturated/α-hetero) is 1. The monoisotopic (exact) mass is 566 g/mol. The SMILES string of the molecule is CC1CCC(C(=O)C(C)(C)Nc2cc(-c3ccc4c(c3)OCN3C5=CC=CN(Cl)C5=NC43)sc2C(=O)O)CC1. The summed E-state index contributed by atoms with van der Waals surface area (Å²) >= 11 is 7.49. The molecule has 8 nitrogen and oxygen atoms in total. The zero-order valence-corrected chi connectivity index (χ0v) is 23.7. The van der Waals surface area contributed by atoms with E-state index >= 15 is 0 Å². The highest BCUT2D eigenvalue weighted by Gasteiger charge is 2.40. The highest BCUT2D eigenvalue weighted by Crippen LogP contribution is 2.45. The van der Waals surface area contributed by atoms with E-state index < -0.39 is 11.5 Å². The molecule has 2 aromatic rings. The number of ether oxygens (including phenoxy) is 1. The lowest BCUT2D eigenvalue weighted by atomic mass is 9.76. The van der Waals surface area contributed by atoms with Gasteiger partial charge in [-0.2, -0.15) is 0 Å². The number of ketones is 1. The second kappa shape index (κ2) is 9.71. The summed E-state index contributed by atoms with van der Waals surface area (Å²) in [6.45, 7) is 6.26. The molecule has 39 heavy (non-hydrogen) atoms. The van der Waals surface area contributed by atoms with E-state index in [0.29, 0.717) is 29.9 Å². The maximum Gasteiger partial charge on any atom is 0.348 e. The summed E-state index contributed by atoms with van der Waals surface area (Å²) in [7, 11) is 0. The molecule has 10 heteroatoms. The number of hydrogen-bond acceptors (Lipinski definition) is 8. The molecule has 0 spiro atoms. The fourth-order valence-corrected chi connectivity index (χ4v) is 7.03. The molecule has 0 radical (unpaired) electrons.